The summed E-state index contributed by atoms with van der Waals surface area (Å²) < 4.78 is 1.09. The van der Waals surface area contributed by atoms with E-state index in [9.17, 15) is 0 Å². The van der Waals surface area contributed by atoms with E-state index in [1.54, 1.807) is 0 Å². The van der Waals surface area contributed by atoms with Crippen molar-refractivity contribution >= 4 is 31.9 Å². The van der Waals surface area contributed by atoms with Crippen LogP contribution in [0.15, 0.2) is 9.47 Å². The summed E-state index contributed by atoms with van der Waals surface area (Å²) in [4.78, 5) is 0. The first-order valence-corrected chi connectivity index (χ1v) is 6.29. The maximum Gasteiger partial charge on any atom is 0.0567 e. The number of hydrogen-bond donors (Lipinski definition) is 0. The van der Waals surface area contributed by atoms with Crippen molar-refractivity contribution in [1.29, 1.82) is 0 Å². The number of halogens is 2. The Morgan fingerprint density at radius 3 is 1.92 bits per heavy atom. The summed E-state index contributed by atoms with van der Waals surface area (Å²) in [5.41, 5.74) is 0.880. The van der Waals surface area contributed by atoms with Crippen LogP contribution >= 0.6 is 31.9 Å². The van der Waals surface area contributed by atoms with Gasteiger partial charge < -0.3 is 0 Å². The molecule has 0 heterocycles. The molecule has 76 valence electrons. The van der Waals surface area contributed by atoms with E-state index in [1.807, 2.05) is 0 Å². The summed E-state index contributed by atoms with van der Waals surface area (Å²) in [7, 11) is 0. The lowest BCUT2D eigenvalue weighted by Crippen LogP contribution is -2.12. The van der Waals surface area contributed by atoms with Crippen molar-refractivity contribution in [3.8, 4) is 0 Å². The average molecular weight is 310 g/mol. The van der Waals surface area contributed by atoms with Crippen LogP contribution in [0.5, 0.6) is 0 Å². The van der Waals surface area contributed by atoms with Gasteiger partial charge in [-0.05, 0) is 54.5 Å². The number of rotatable bonds is 1. The van der Waals surface area contributed by atoms with Crippen molar-refractivity contribution in [2.45, 2.75) is 34.6 Å². The van der Waals surface area contributed by atoms with Gasteiger partial charge in [0.25, 0.3) is 0 Å². The molecule has 0 aromatic carbocycles. The molecule has 0 N–H and O–H groups in total. The van der Waals surface area contributed by atoms with Crippen molar-refractivity contribution in [2.75, 3.05) is 0 Å². The summed E-state index contributed by atoms with van der Waals surface area (Å²) in [6.07, 6.45) is 2.29. The quantitative estimate of drug-likeness (QED) is 0.644. The highest BCUT2D eigenvalue weighted by molar-refractivity contribution is 9.28. The van der Waals surface area contributed by atoms with Gasteiger partial charge in [-0.15, -0.1) is 0 Å². The molecular formula is C11H18Br2. The predicted molar refractivity (Wildman–Crippen MR) is 66.2 cm³/mol. The topological polar surface area (TPSA) is 0 Å². The Hall–Kier alpha value is 0.700. The summed E-state index contributed by atoms with van der Waals surface area (Å²) in [5, 5.41) is 0. The Labute approximate surface area is 98.4 Å². The largest absolute Gasteiger partial charge is 0.0599 e. The van der Waals surface area contributed by atoms with Crippen molar-refractivity contribution in [3.05, 3.63) is 9.47 Å². The molecule has 1 rings (SSSR count). The third-order valence-corrected chi connectivity index (χ3v) is 3.68. The lowest BCUT2D eigenvalue weighted by molar-refractivity contribution is 0.298. The summed E-state index contributed by atoms with van der Waals surface area (Å²) in [5.74, 6) is 1.51. The van der Waals surface area contributed by atoms with E-state index in [0.29, 0.717) is 16.7 Å². The highest BCUT2D eigenvalue weighted by Crippen LogP contribution is 2.66. The van der Waals surface area contributed by atoms with Crippen LogP contribution in [0.4, 0.5) is 0 Å². The van der Waals surface area contributed by atoms with Crippen LogP contribution in [0.3, 0.4) is 0 Å². The van der Waals surface area contributed by atoms with Crippen LogP contribution < -0.4 is 0 Å². The smallest absolute Gasteiger partial charge is 0.0567 e. The van der Waals surface area contributed by atoms with E-state index >= 15 is 0 Å². The van der Waals surface area contributed by atoms with E-state index in [2.05, 4.69) is 72.6 Å². The first-order chi connectivity index (χ1) is 5.67. The third kappa shape index (κ3) is 2.38. The van der Waals surface area contributed by atoms with Gasteiger partial charge in [-0.1, -0.05) is 40.7 Å². The van der Waals surface area contributed by atoms with Crippen LogP contribution in [0.1, 0.15) is 34.6 Å². The molecule has 1 aliphatic rings. The fourth-order valence-electron chi connectivity index (χ4n) is 2.78. The van der Waals surface area contributed by atoms with Crippen LogP contribution in [0.25, 0.3) is 0 Å². The first kappa shape index (κ1) is 11.8. The molecule has 1 aliphatic carbocycles. The highest BCUT2D eigenvalue weighted by atomic mass is 79.9. The van der Waals surface area contributed by atoms with Crippen LogP contribution in [0.2, 0.25) is 0 Å². The summed E-state index contributed by atoms with van der Waals surface area (Å²) >= 11 is 6.88. The lowest BCUT2D eigenvalue weighted by Gasteiger charge is -2.20. The standard InChI is InChI=1S/C11H18Br2/c1-10(2,3)9-7(6-8(12)13)11(9,4)5/h6-7,9H,1-5H3. The van der Waals surface area contributed by atoms with Crippen molar-refractivity contribution in [3.63, 3.8) is 0 Å². The van der Waals surface area contributed by atoms with Gasteiger partial charge in [0.1, 0.15) is 0 Å². The van der Waals surface area contributed by atoms with Gasteiger partial charge in [0.15, 0.2) is 0 Å². The fraction of sp³-hybridized carbons (Fsp3) is 0.818. The summed E-state index contributed by atoms with van der Waals surface area (Å²) in [6, 6.07) is 0. The molecule has 13 heavy (non-hydrogen) atoms. The molecule has 0 radical (unpaired) electrons. The van der Waals surface area contributed by atoms with Crippen molar-refractivity contribution < 1.29 is 0 Å². The molecular weight excluding hydrogens is 292 g/mol. The van der Waals surface area contributed by atoms with E-state index in [4.69, 9.17) is 0 Å². The van der Waals surface area contributed by atoms with Crippen molar-refractivity contribution in [1.82, 2.24) is 0 Å². The Bertz CT molecular complexity index is 229. The van der Waals surface area contributed by atoms with Gasteiger partial charge in [0.05, 0.1) is 3.39 Å². The van der Waals surface area contributed by atoms with Crippen molar-refractivity contribution in [2.24, 2.45) is 22.7 Å². The Morgan fingerprint density at radius 1 is 1.23 bits per heavy atom. The minimum absolute atomic E-state index is 0.417. The SMILES string of the molecule is CC(C)(C)C1C(C=C(Br)Br)C1(C)C. The van der Waals surface area contributed by atoms with Gasteiger partial charge >= 0.3 is 0 Å². The number of allylic oxidation sites excluding steroid dienone is 1. The molecule has 0 amide bonds. The molecule has 0 bridgehead atoms. The second kappa shape index (κ2) is 3.37. The van der Waals surface area contributed by atoms with Crippen LogP contribution in [-0.2, 0) is 0 Å². The van der Waals surface area contributed by atoms with Gasteiger partial charge in [-0.25, -0.2) is 0 Å². The summed E-state index contributed by atoms with van der Waals surface area (Å²) in [6.45, 7) is 11.7. The van der Waals surface area contributed by atoms with E-state index in [-0.39, 0.29) is 0 Å². The molecule has 0 aromatic rings. The third-order valence-electron chi connectivity index (χ3n) is 3.15. The Morgan fingerprint density at radius 2 is 1.69 bits per heavy atom. The van der Waals surface area contributed by atoms with E-state index < -0.39 is 0 Å². The van der Waals surface area contributed by atoms with Crippen LogP contribution in [-0.4, -0.2) is 0 Å². The molecule has 0 nitrogen and oxygen atoms in total. The molecule has 0 aromatic heterocycles. The molecule has 2 heteroatoms. The van der Waals surface area contributed by atoms with Gasteiger partial charge in [-0.3, -0.25) is 0 Å². The maximum atomic E-state index is 3.44. The zero-order chi connectivity index (χ0) is 10.4. The first-order valence-electron chi connectivity index (χ1n) is 4.70. The molecule has 0 spiro atoms. The molecule has 1 saturated carbocycles. The maximum absolute atomic E-state index is 3.44. The normalized spacial score (nSPS) is 31.3. The predicted octanol–water partition coefficient (Wildman–Crippen LogP) is 4.94. The van der Waals surface area contributed by atoms with Gasteiger partial charge in [0, 0.05) is 0 Å². The lowest BCUT2D eigenvalue weighted by atomic mass is 9.85. The molecule has 0 aliphatic heterocycles. The van der Waals surface area contributed by atoms with E-state index in [0.717, 1.165) is 9.31 Å². The van der Waals surface area contributed by atoms with E-state index in [1.165, 1.54) is 0 Å². The highest BCUT2D eigenvalue weighted by Gasteiger charge is 2.60. The average Bonchev–Trinajstić information content (AvgIpc) is 2.29. The second-order valence-corrected chi connectivity index (χ2v) is 8.42. The number of hydrogen-bond acceptors (Lipinski definition) is 0. The zero-order valence-corrected chi connectivity index (χ0v) is 12.2. The fourth-order valence-corrected chi connectivity index (χ4v) is 3.35. The molecule has 0 saturated heterocycles. The molecule has 2 atom stereocenters. The van der Waals surface area contributed by atoms with Crippen LogP contribution in [0, 0.1) is 22.7 Å². The van der Waals surface area contributed by atoms with Gasteiger partial charge in [-0.2, -0.15) is 0 Å². The minimum Gasteiger partial charge on any atom is -0.0599 e. The monoisotopic (exact) mass is 308 g/mol. The molecule has 1 fully saturated rings. The Balaban J connectivity index is 2.79. The zero-order valence-electron chi connectivity index (χ0n) is 8.99. The minimum atomic E-state index is 0.417. The Kier molecular flexibility index (Phi) is 3.06. The van der Waals surface area contributed by atoms with Gasteiger partial charge in [0.2, 0.25) is 0 Å². The second-order valence-electron chi connectivity index (χ2n) is 5.65. The molecule has 2 unspecified atom stereocenters.